The number of aliphatic carboxylic acids is 1. The zero-order valence-corrected chi connectivity index (χ0v) is 23.2. The average molecular weight is 538 g/mol. The Hall–Kier alpha value is -2.85. The molecule has 4 atom stereocenters. The van der Waals surface area contributed by atoms with Crippen molar-refractivity contribution < 1.29 is 38.6 Å². The van der Waals surface area contributed by atoms with Crippen LogP contribution in [0.2, 0.25) is 0 Å². The number of hydrogen-bond donors (Lipinski definition) is 2. The molecule has 3 fully saturated rings. The fourth-order valence-electron chi connectivity index (χ4n) is 5.44. The van der Waals surface area contributed by atoms with Crippen LogP contribution in [0.1, 0.15) is 86.0 Å². The number of nitrogens with one attached hydrogen (secondary N) is 1. The first-order chi connectivity index (χ1) is 17.8. The molecular formula is C27H43N3O8. The number of ether oxygens (including phenoxy) is 2. The van der Waals surface area contributed by atoms with E-state index in [9.17, 15) is 29.1 Å². The summed E-state index contributed by atoms with van der Waals surface area (Å²) < 4.78 is 10.8. The second-order valence-corrected chi connectivity index (χ2v) is 12.1. The first kappa shape index (κ1) is 29.7. The number of hydrogen-bond acceptors (Lipinski definition) is 7. The van der Waals surface area contributed by atoms with E-state index in [0.29, 0.717) is 25.8 Å². The summed E-state index contributed by atoms with van der Waals surface area (Å²) in [5.41, 5.74) is -0.743. The Balaban J connectivity index is 1.67. The lowest BCUT2D eigenvalue weighted by Gasteiger charge is -2.30. The summed E-state index contributed by atoms with van der Waals surface area (Å²) in [4.78, 5) is 66.4. The Labute approximate surface area is 224 Å². The molecule has 0 aromatic rings. The van der Waals surface area contributed by atoms with Crippen molar-refractivity contribution in [3.8, 4) is 0 Å². The smallest absolute Gasteiger partial charge is 0.408 e. The van der Waals surface area contributed by atoms with Gasteiger partial charge in [-0.1, -0.05) is 33.1 Å². The minimum atomic E-state index is -1.30. The maximum Gasteiger partial charge on any atom is 0.408 e. The summed E-state index contributed by atoms with van der Waals surface area (Å²) in [5, 5.41) is 12.3. The molecule has 0 aromatic carbocycles. The number of carbonyl (C=O) groups is 5. The molecular weight excluding hydrogens is 494 g/mol. The van der Waals surface area contributed by atoms with Gasteiger partial charge in [-0.25, -0.2) is 14.4 Å². The first-order valence-electron chi connectivity index (χ1n) is 13.8. The van der Waals surface area contributed by atoms with Crippen molar-refractivity contribution in [3.05, 3.63) is 0 Å². The zero-order chi connectivity index (χ0) is 28.2. The van der Waals surface area contributed by atoms with E-state index in [1.165, 1.54) is 11.3 Å². The molecule has 2 saturated heterocycles. The molecule has 0 spiro atoms. The standard InChI is InChI=1S/C27H43N3O8/c1-16(2)14-18(28-26(36)38-27(3,4)5)22(31)29-13-9-12-19(29)23(32)30-20(24(33)34)21(30)25(35)37-15-17-10-7-6-8-11-17/h16-21H,6-15H2,1-5H3,(H,28,36)(H,33,34)/t18-,19+,20?,21?,30?/m0/s1. The van der Waals surface area contributed by atoms with Crippen LogP contribution in [0.25, 0.3) is 0 Å². The fraction of sp³-hybridized carbons (Fsp3) is 0.815. The largest absolute Gasteiger partial charge is 0.480 e. The molecule has 2 aliphatic heterocycles. The van der Waals surface area contributed by atoms with Gasteiger partial charge in [-0.2, -0.15) is 0 Å². The van der Waals surface area contributed by atoms with Crippen LogP contribution in [0.3, 0.4) is 0 Å². The average Bonchev–Trinajstić information content (AvgIpc) is 3.40. The van der Waals surface area contributed by atoms with Crippen molar-refractivity contribution in [2.75, 3.05) is 13.2 Å². The molecule has 214 valence electrons. The molecule has 0 aromatic heterocycles. The molecule has 3 amide bonds. The van der Waals surface area contributed by atoms with Crippen molar-refractivity contribution in [1.82, 2.24) is 15.1 Å². The van der Waals surface area contributed by atoms with Gasteiger partial charge in [0.2, 0.25) is 11.8 Å². The van der Waals surface area contributed by atoms with Crippen molar-refractivity contribution in [1.29, 1.82) is 0 Å². The third-order valence-electron chi connectivity index (χ3n) is 7.26. The van der Waals surface area contributed by atoms with Crippen LogP contribution in [0.4, 0.5) is 4.79 Å². The van der Waals surface area contributed by atoms with E-state index in [0.717, 1.165) is 30.6 Å². The number of carboxylic acid groups (broad SMARTS) is 1. The van der Waals surface area contributed by atoms with Gasteiger partial charge in [0.15, 0.2) is 12.1 Å². The minimum Gasteiger partial charge on any atom is -0.480 e. The van der Waals surface area contributed by atoms with E-state index in [1.54, 1.807) is 20.8 Å². The predicted molar refractivity (Wildman–Crippen MR) is 137 cm³/mol. The van der Waals surface area contributed by atoms with E-state index in [1.807, 2.05) is 13.8 Å². The van der Waals surface area contributed by atoms with Crippen LogP contribution in [0.15, 0.2) is 0 Å². The minimum absolute atomic E-state index is 0.0718. The normalized spacial score (nSPS) is 24.6. The summed E-state index contributed by atoms with van der Waals surface area (Å²) >= 11 is 0. The molecule has 11 nitrogen and oxygen atoms in total. The van der Waals surface area contributed by atoms with Gasteiger partial charge >= 0.3 is 18.0 Å². The van der Waals surface area contributed by atoms with Crippen molar-refractivity contribution in [3.63, 3.8) is 0 Å². The van der Waals surface area contributed by atoms with Gasteiger partial charge in [0.05, 0.1) is 6.61 Å². The Morgan fingerprint density at radius 2 is 1.63 bits per heavy atom. The third-order valence-corrected chi connectivity index (χ3v) is 7.26. The van der Waals surface area contributed by atoms with Gasteiger partial charge in [-0.3, -0.25) is 9.59 Å². The van der Waals surface area contributed by atoms with Gasteiger partial charge in [0.25, 0.3) is 0 Å². The van der Waals surface area contributed by atoms with E-state index in [-0.39, 0.29) is 18.4 Å². The third kappa shape index (κ3) is 7.60. The quantitative estimate of drug-likeness (QED) is 0.338. The van der Waals surface area contributed by atoms with Gasteiger partial charge in [0, 0.05) is 6.54 Å². The topological polar surface area (TPSA) is 142 Å². The highest BCUT2D eigenvalue weighted by molar-refractivity contribution is 6.03. The highest BCUT2D eigenvalue weighted by atomic mass is 16.6. The van der Waals surface area contributed by atoms with Crippen molar-refractivity contribution >= 4 is 29.8 Å². The van der Waals surface area contributed by atoms with Gasteiger partial charge in [-0.05, 0) is 64.7 Å². The zero-order valence-electron chi connectivity index (χ0n) is 23.2. The van der Waals surface area contributed by atoms with Crippen LogP contribution in [0, 0.1) is 11.8 Å². The van der Waals surface area contributed by atoms with E-state index < -0.39 is 59.6 Å². The van der Waals surface area contributed by atoms with Gasteiger partial charge in [0.1, 0.15) is 17.7 Å². The Morgan fingerprint density at radius 1 is 0.974 bits per heavy atom. The molecule has 2 heterocycles. The second-order valence-electron chi connectivity index (χ2n) is 12.1. The van der Waals surface area contributed by atoms with Gasteiger partial charge < -0.3 is 29.7 Å². The summed E-state index contributed by atoms with van der Waals surface area (Å²) in [6.45, 7) is 9.52. The molecule has 1 saturated carbocycles. The second kappa shape index (κ2) is 12.3. The summed E-state index contributed by atoms with van der Waals surface area (Å²) in [7, 11) is 0. The predicted octanol–water partition coefficient (Wildman–Crippen LogP) is 2.70. The SMILES string of the molecule is CC(C)C[C@H](NC(=O)OC(C)(C)C)C(=O)N1CCC[C@@H]1C(=O)N1C(C(=O)O)C1C(=O)OCC1CCCCC1. The highest BCUT2D eigenvalue weighted by Gasteiger charge is 2.63. The van der Waals surface area contributed by atoms with Crippen LogP contribution >= 0.6 is 0 Å². The number of carboxylic acids is 1. The number of nitrogens with zero attached hydrogens (tertiary/aromatic N) is 2. The lowest BCUT2D eigenvalue weighted by Crippen LogP contribution is -2.53. The lowest BCUT2D eigenvalue weighted by atomic mass is 9.90. The van der Waals surface area contributed by atoms with Crippen LogP contribution < -0.4 is 5.32 Å². The molecule has 11 heteroatoms. The molecule has 3 aliphatic rings. The molecule has 0 bridgehead atoms. The fourth-order valence-corrected chi connectivity index (χ4v) is 5.44. The molecule has 1 aliphatic carbocycles. The highest BCUT2D eigenvalue weighted by Crippen LogP contribution is 2.35. The maximum atomic E-state index is 13.5. The maximum absolute atomic E-state index is 13.5. The van der Waals surface area contributed by atoms with E-state index in [2.05, 4.69) is 5.32 Å². The molecule has 2 N–H and O–H groups in total. The monoisotopic (exact) mass is 537 g/mol. The van der Waals surface area contributed by atoms with Crippen molar-refractivity contribution in [2.24, 2.45) is 11.8 Å². The number of amides is 3. The summed E-state index contributed by atoms with van der Waals surface area (Å²) in [6, 6.07) is -4.30. The number of carbonyl (C=O) groups excluding carboxylic acids is 4. The number of alkyl carbamates (subject to hydrolysis) is 1. The molecule has 0 radical (unpaired) electrons. The Kier molecular flexibility index (Phi) is 9.64. The number of rotatable bonds is 9. The molecule has 2 unspecified atom stereocenters. The van der Waals surface area contributed by atoms with Gasteiger partial charge in [-0.15, -0.1) is 0 Å². The lowest BCUT2D eigenvalue weighted by molar-refractivity contribution is -0.148. The number of likely N-dealkylation sites (tertiary alicyclic amines) is 1. The van der Waals surface area contributed by atoms with Crippen LogP contribution in [-0.2, 0) is 28.7 Å². The van der Waals surface area contributed by atoms with Crippen molar-refractivity contribution in [2.45, 2.75) is 116 Å². The van der Waals surface area contributed by atoms with Crippen LogP contribution in [0.5, 0.6) is 0 Å². The summed E-state index contributed by atoms with van der Waals surface area (Å²) in [5.74, 6) is -2.66. The van der Waals surface area contributed by atoms with Crippen LogP contribution in [-0.4, -0.2) is 87.7 Å². The number of esters is 1. The molecule has 38 heavy (non-hydrogen) atoms. The Morgan fingerprint density at radius 3 is 2.21 bits per heavy atom. The molecule has 3 rings (SSSR count). The van der Waals surface area contributed by atoms with E-state index in [4.69, 9.17) is 9.47 Å². The van der Waals surface area contributed by atoms with E-state index >= 15 is 0 Å². The summed E-state index contributed by atoms with van der Waals surface area (Å²) in [6.07, 6.45) is 5.78. The first-order valence-corrected chi connectivity index (χ1v) is 13.8. The Bertz CT molecular complexity index is 908.